The van der Waals surface area contributed by atoms with Crippen LogP contribution in [0, 0.1) is 5.92 Å². The van der Waals surface area contributed by atoms with E-state index in [1.165, 1.54) is 19.3 Å². The summed E-state index contributed by atoms with van der Waals surface area (Å²) >= 11 is 0. The fourth-order valence-electron chi connectivity index (χ4n) is 3.20. The van der Waals surface area contributed by atoms with Gasteiger partial charge in [-0.2, -0.15) is 5.10 Å². The van der Waals surface area contributed by atoms with Gasteiger partial charge in [0.1, 0.15) is 11.4 Å². The lowest BCUT2D eigenvalue weighted by Crippen LogP contribution is -2.24. The molecule has 1 aliphatic rings. The van der Waals surface area contributed by atoms with Crippen LogP contribution >= 0.6 is 0 Å². The van der Waals surface area contributed by atoms with Crippen LogP contribution in [-0.4, -0.2) is 27.8 Å². The molecule has 0 bridgehead atoms. The van der Waals surface area contributed by atoms with Gasteiger partial charge in [0.2, 0.25) is 0 Å². The second-order valence-corrected chi connectivity index (χ2v) is 6.36. The van der Waals surface area contributed by atoms with Crippen molar-refractivity contribution in [1.29, 1.82) is 0 Å². The maximum Gasteiger partial charge on any atom is 0.273 e. The molecule has 0 unspecified atom stereocenters. The number of carbonyl (C=O) groups excluding carboxylic acids is 1. The zero-order valence-electron chi connectivity index (χ0n) is 14.1. The highest BCUT2D eigenvalue weighted by Crippen LogP contribution is 2.30. The molecular formula is C19H20N4O2. The zero-order chi connectivity index (χ0) is 17.2. The van der Waals surface area contributed by atoms with Crippen molar-refractivity contribution in [2.24, 2.45) is 5.92 Å². The lowest BCUT2D eigenvalue weighted by atomic mass is 9.85. The first-order valence-corrected chi connectivity index (χ1v) is 8.51. The molecule has 0 aliphatic heterocycles. The molecule has 6 heteroatoms. The first-order valence-electron chi connectivity index (χ1n) is 8.51. The lowest BCUT2D eigenvalue weighted by Gasteiger charge is -2.25. The number of aromatic nitrogens is 3. The van der Waals surface area contributed by atoms with Crippen molar-refractivity contribution < 1.29 is 9.53 Å². The number of pyridine rings is 1. The van der Waals surface area contributed by atoms with Crippen LogP contribution in [0.4, 0.5) is 5.69 Å². The van der Waals surface area contributed by atoms with Crippen molar-refractivity contribution in [1.82, 2.24) is 14.8 Å². The summed E-state index contributed by atoms with van der Waals surface area (Å²) in [5, 5.41) is 8.15. The average molecular weight is 336 g/mol. The van der Waals surface area contributed by atoms with Crippen LogP contribution in [0.3, 0.4) is 0 Å². The summed E-state index contributed by atoms with van der Waals surface area (Å²) in [4.78, 5) is 17.2. The molecule has 0 radical (unpaired) electrons. The highest BCUT2D eigenvalue weighted by Gasteiger charge is 2.21. The van der Waals surface area contributed by atoms with E-state index in [9.17, 15) is 4.79 Å². The third-order valence-electron chi connectivity index (χ3n) is 4.80. The number of ether oxygens (including phenoxy) is 1. The van der Waals surface area contributed by atoms with Crippen molar-refractivity contribution in [3.8, 4) is 5.75 Å². The van der Waals surface area contributed by atoms with E-state index in [4.69, 9.17) is 4.74 Å². The molecule has 1 aromatic carbocycles. The van der Waals surface area contributed by atoms with E-state index in [1.807, 2.05) is 24.3 Å². The molecule has 2 heterocycles. The van der Waals surface area contributed by atoms with Crippen molar-refractivity contribution in [2.45, 2.75) is 25.8 Å². The maximum absolute atomic E-state index is 12.8. The standard InChI is InChI=1S/C19H20N4O2/c1-25-17-8-7-15(18-14(17)6-3-10-20-18)22-19(24)16-9-11-21-23(16)12-13-4-2-5-13/h3,6-11,13H,2,4-5,12H2,1H3,(H,22,24). The number of nitrogens with one attached hydrogen (secondary N) is 1. The van der Waals surface area contributed by atoms with Crippen molar-refractivity contribution >= 4 is 22.5 Å². The van der Waals surface area contributed by atoms with Crippen molar-refractivity contribution in [3.63, 3.8) is 0 Å². The van der Waals surface area contributed by atoms with E-state index in [0.717, 1.165) is 17.7 Å². The van der Waals surface area contributed by atoms with Crippen LogP contribution in [0.2, 0.25) is 0 Å². The Labute approximate surface area is 145 Å². The Balaban J connectivity index is 1.61. The van der Waals surface area contributed by atoms with Crippen molar-refractivity contribution in [2.75, 3.05) is 12.4 Å². The van der Waals surface area contributed by atoms with Crippen LogP contribution < -0.4 is 10.1 Å². The van der Waals surface area contributed by atoms with Gasteiger partial charge in [-0.1, -0.05) is 6.42 Å². The molecule has 128 valence electrons. The number of nitrogens with zero attached hydrogens (tertiary/aromatic N) is 3. The molecule has 1 saturated carbocycles. The van der Waals surface area contributed by atoms with E-state index in [-0.39, 0.29) is 5.91 Å². The molecule has 2 aromatic heterocycles. The second kappa shape index (κ2) is 6.55. The van der Waals surface area contributed by atoms with Crippen molar-refractivity contribution in [3.05, 3.63) is 48.4 Å². The SMILES string of the molecule is COc1ccc(NC(=O)c2ccnn2CC2CCC2)c2ncccc12. The highest BCUT2D eigenvalue weighted by atomic mass is 16.5. The Morgan fingerprint density at radius 2 is 2.16 bits per heavy atom. The summed E-state index contributed by atoms with van der Waals surface area (Å²) in [6, 6.07) is 9.19. The van der Waals surface area contributed by atoms with Crippen LogP contribution in [0.15, 0.2) is 42.7 Å². The molecule has 3 aromatic rings. The van der Waals surface area contributed by atoms with Gasteiger partial charge >= 0.3 is 0 Å². The molecule has 1 fully saturated rings. The Morgan fingerprint density at radius 3 is 2.92 bits per heavy atom. The number of methoxy groups -OCH3 is 1. The van der Waals surface area contributed by atoms with Gasteiger partial charge in [-0.3, -0.25) is 14.5 Å². The quantitative estimate of drug-likeness (QED) is 0.774. The summed E-state index contributed by atoms with van der Waals surface area (Å²) in [7, 11) is 1.62. The minimum Gasteiger partial charge on any atom is -0.496 e. The summed E-state index contributed by atoms with van der Waals surface area (Å²) in [6.45, 7) is 0.803. The molecule has 25 heavy (non-hydrogen) atoms. The normalized spacial score (nSPS) is 14.3. The number of anilines is 1. The monoisotopic (exact) mass is 336 g/mol. The number of rotatable bonds is 5. The minimum absolute atomic E-state index is 0.172. The molecule has 1 aliphatic carbocycles. The number of fused-ring (bicyclic) bond motifs is 1. The first kappa shape index (κ1) is 15.6. The first-order chi connectivity index (χ1) is 12.3. The molecule has 1 N–H and O–H groups in total. The van der Waals surface area contributed by atoms with Crippen LogP contribution in [0.5, 0.6) is 5.75 Å². The average Bonchev–Trinajstić information content (AvgIpc) is 3.07. The second-order valence-electron chi connectivity index (χ2n) is 6.36. The molecule has 4 rings (SSSR count). The molecule has 0 atom stereocenters. The van der Waals surface area contributed by atoms with E-state index in [1.54, 1.807) is 30.3 Å². The highest BCUT2D eigenvalue weighted by molar-refractivity contribution is 6.08. The largest absolute Gasteiger partial charge is 0.496 e. The summed E-state index contributed by atoms with van der Waals surface area (Å²) in [5.41, 5.74) is 1.95. The number of benzene rings is 1. The fraction of sp³-hybridized carbons (Fsp3) is 0.316. The van der Waals surface area contributed by atoms with E-state index >= 15 is 0 Å². The van der Waals surface area contributed by atoms with E-state index < -0.39 is 0 Å². The summed E-state index contributed by atoms with van der Waals surface area (Å²) < 4.78 is 7.18. The summed E-state index contributed by atoms with van der Waals surface area (Å²) in [5.74, 6) is 1.19. The van der Waals surface area contributed by atoms with Gasteiger partial charge in [0.05, 0.1) is 18.3 Å². The molecular weight excluding hydrogens is 316 g/mol. The number of carbonyl (C=O) groups is 1. The van der Waals surface area contributed by atoms with Gasteiger partial charge in [-0.25, -0.2) is 0 Å². The molecule has 0 saturated heterocycles. The van der Waals surface area contributed by atoms with Gasteiger partial charge in [0.25, 0.3) is 5.91 Å². The van der Waals surface area contributed by atoms with E-state index in [2.05, 4.69) is 15.4 Å². The Hall–Kier alpha value is -2.89. The van der Waals surface area contributed by atoms with Gasteiger partial charge in [0, 0.05) is 24.3 Å². The summed E-state index contributed by atoms with van der Waals surface area (Å²) in [6.07, 6.45) is 7.09. The van der Waals surface area contributed by atoms with Gasteiger partial charge < -0.3 is 10.1 Å². The number of hydrogen-bond acceptors (Lipinski definition) is 4. The minimum atomic E-state index is -0.172. The number of amides is 1. The molecule has 1 amide bonds. The predicted molar refractivity (Wildman–Crippen MR) is 95.8 cm³/mol. The van der Waals surface area contributed by atoms with E-state index in [0.29, 0.717) is 22.8 Å². The zero-order valence-corrected chi connectivity index (χ0v) is 14.1. The predicted octanol–water partition coefficient (Wildman–Crippen LogP) is 3.49. The fourth-order valence-corrected chi connectivity index (χ4v) is 3.20. The molecule has 0 spiro atoms. The Bertz CT molecular complexity index is 915. The smallest absolute Gasteiger partial charge is 0.273 e. The Morgan fingerprint density at radius 1 is 1.28 bits per heavy atom. The topological polar surface area (TPSA) is 69.0 Å². The van der Waals surface area contributed by atoms with Crippen LogP contribution in [-0.2, 0) is 6.54 Å². The third-order valence-corrected chi connectivity index (χ3v) is 4.80. The van der Waals surface area contributed by atoms with Crippen LogP contribution in [0.25, 0.3) is 10.9 Å². The number of hydrogen-bond donors (Lipinski definition) is 1. The van der Waals surface area contributed by atoms with Gasteiger partial charge in [-0.05, 0) is 49.1 Å². The molecule has 6 nitrogen and oxygen atoms in total. The Kier molecular flexibility index (Phi) is 4.09. The lowest BCUT2D eigenvalue weighted by molar-refractivity contribution is 0.101. The van der Waals surface area contributed by atoms with Crippen LogP contribution in [0.1, 0.15) is 29.8 Å². The van der Waals surface area contributed by atoms with Gasteiger partial charge in [-0.15, -0.1) is 0 Å². The van der Waals surface area contributed by atoms with Gasteiger partial charge in [0.15, 0.2) is 0 Å². The maximum atomic E-state index is 12.8. The third kappa shape index (κ3) is 2.95.